The van der Waals surface area contributed by atoms with Crippen LogP contribution in [0.15, 0.2) is 0 Å². The van der Waals surface area contributed by atoms with Gasteiger partial charge in [0.1, 0.15) is 0 Å². The third-order valence-electron chi connectivity index (χ3n) is 5.91. The van der Waals surface area contributed by atoms with Crippen molar-refractivity contribution in [3.8, 4) is 0 Å². The van der Waals surface area contributed by atoms with Gasteiger partial charge in [-0.05, 0) is 38.5 Å². The molecule has 138 valence electrons. The van der Waals surface area contributed by atoms with Gasteiger partial charge < -0.3 is 19.3 Å². The second kappa shape index (κ2) is 9.16. The van der Waals surface area contributed by atoms with E-state index in [-0.39, 0.29) is 6.42 Å². The number of unbranched alkanes of at least 4 members (excludes halogenated alkanes) is 1. The molecule has 3 aliphatic rings. The van der Waals surface area contributed by atoms with Crippen LogP contribution in [0.2, 0.25) is 0 Å². The first kappa shape index (κ1) is 18.2. The molecule has 0 aromatic rings. The molecule has 0 aromatic heterocycles. The summed E-state index contributed by atoms with van der Waals surface area (Å²) in [5, 5.41) is 8.64. The van der Waals surface area contributed by atoms with Gasteiger partial charge in [0.15, 0.2) is 0 Å². The Morgan fingerprint density at radius 3 is 2.38 bits per heavy atom. The van der Waals surface area contributed by atoms with Crippen molar-refractivity contribution in [3.63, 3.8) is 0 Å². The summed E-state index contributed by atoms with van der Waals surface area (Å²) in [6.07, 6.45) is 11.6. The normalized spacial score (nSPS) is 33.2. The summed E-state index contributed by atoms with van der Waals surface area (Å²) >= 11 is 0. The number of hydrogen-bond donors (Lipinski definition) is 1. The molecule has 4 unspecified atom stereocenters. The molecule has 0 aromatic carbocycles. The molecule has 1 N–H and O–H groups in total. The van der Waals surface area contributed by atoms with Crippen LogP contribution in [-0.2, 0) is 19.0 Å². The largest absolute Gasteiger partial charge is 0.481 e. The Bertz CT molecular complexity index is 393. The van der Waals surface area contributed by atoms with E-state index in [0.717, 1.165) is 26.1 Å². The zero-order valence-electron chi connectivity index (χ0n) is 14.7. The van der Waals surface area contributed by atoms with Crippen molar-refractivity contribution in [1.29, 1.82) is 0 Å². The van der Waals surface area contributed by atoms with Crippen molar-refractivity contribution in [2.45, 2.75) is 82.5 Å². The van der Waals surface area contributed by atoms with E-state index >= 15 is 0 Å². The van der Waals surface area contributed by atoms with Crippen LogP contribution in [-0.4, -0.2) is 49.2 Å². The Hall–Kier alpha value is -0.650. The first-order valence-corrected chi connectivity index (χ1v) is 9.80. The number of ether oxygens (including phenoxy) is 3. The summed E-state index contributed by atoms with van der Waals surface area (Å²) in [4.78, 5) is 10.5. The van der Waals surface area contributed by atoms with Crippen LogP contribution < -0.4 is 0 Å². The number of aliphatic carboxylic acids is 1. The maximum absolute atomic E-state index is 10.5. The van der Waals surface area contributed by atoms with E-state index in [1.165, 1.54) is 38.5 Å². The predicted molar refractivity (Wildman–Crippen MR) is 90.0 cm³/mol. The van der Waals surface area contributed by atoms with Crippen molar-refractivity contribution in [2.75, 3.05) is 19.8 Å². The van der Waals surface area contributed by atoms with E-state index in [0.29, 0.717) is 43.2 Å². The summed E-state index contributed by atoms with van der Waals surface area (Å²) in [6, 6.07) is 0. The monoisotopic (exact) mass is 340 g/mol. The van der Waals surface area contributed by atoms with Gasteiger partial charge in [-0.2, -0.15) is 0 Å². The molecular weight excluding hydrogens is 308 g/mol. The molecular formula is C19H32O5. The van der Waals surface area contributed by atoms with E-state index in [1.54, 1.807) is 0 Å². The van der Waals surface area contributed by atoms with Crippen LogP contribution in [0, 0.1) is 11.8 Å². The number of carboxylic acids is 1. The molecule has 3 rings (SSSR count). The highest BCUT2D eigenvalue weighted by Gasteiger charge is 2.49. The molecule has 24 heavy (non-hydrogen) atoms. The average molecular weight is 340 g/mol. The van der Waals surface area contributed by atoms with Crippen molar-refractivity contribution in [2.24, 2.45) is 11.8 Å². The highest BCUT2D eigenvalue weighted by atomic mass is 16.5. The lowest BCUT2D eigenvalue weighted by molar-refractivity contribution is -0.137. The molecule has 5 heteroatoms. The standard InChI is InChI=1S/C19H32O5/c20-19(21)8-4-5-11-22-12-15-16(18-10-9-17(15)24-18)13-23-14-6-2-1-3-7-14/h14-18H,1-13H2,(H,20,21). The molecule has 4 atom stereocenters. The quantitative estimate of drug-likeness (QED) is 0.618. The number of fused-ring (bicyclic) bond motifs is 2. The molecule has 2 aliphatic heterocycles. The van der Waals surface area contributed by atoms with Crippen molar-refractivity contribution in [1.82, 2.24) is 0 Å². The fourth-order valence-corrected chi connectivity index (χ4v) is 4.51. The smallest absolute Gasteiger partial charge is 0.303 e. The third kappa shape index (κ3) is 4.93. The topological polar surface area (TPSA) is 65.0 Å². The number of rotatable bonds is 10. The molecule has 0 amide bonds. The van der Waals surface area contributed by atoms with Crippen LogP contribution in [0.25, 0.3) is 0 Å². The molecule has 3 fully saturated rings. The summed E-state index contributed by atoms with van der Waals surface area (Å²) in [5.74, 6) is 0.202. The Balaban J connectivity index is 1.37. The zero-order valence-corrected chi connectivity index (χ0v) is 14.7. The van der Waals surface area contributed by atoms with Gasteiger partial charge in [0.25, 0.3) is 0 Å². The van der Waals surface area contributed by atoms with Gasteiger partial charge in [0, 0.05) is 24.9 Å². The highest BCUT2D eigenvalue weighted by molar-refractivity contribution is 5.66. The first-order chi connectivity index (χ1) is 11.7. The van der Waals surface area contributed by atoms with Gasteiger partial charge in [-0.3, -0.25) is 4.79 Å². The summed E-state index contributed by atoms with van der Waals surface area (Å²) < 4.78 is 18.2. The van der Waals surface area contributed by atoms with E-state index in [9.17, 15) is 4.79 Å². The van der Waals surface area contributed by atoms with Crippen LogP contribution in [0.5, 0.6) is 0 Å². The Morgan fingerprint density at radius 2 is 1.67 bits per heavy atom. The van der Waals surface area contributed by atoms with E-state index in [1.807, 2.05) is 0 Å². The molecule has 0 spiro atoms. The van der Waals surface area contributed by atoms with Gasteiger partial charge in [-0.1, -0.05) is 19.3 Å². The molecule has 5 nitrogen and oxygen atoms in total. The molecule has 2 saturated heterocycles. The van der Waals surface area contributed by atoms with Crippen molar-refractivity contribution >= 4 is 5.97 Å². The second-order valence-corrected chi connectivity index (χ2v) is 7.64. The predicted octanol–water partition coefficient (Wildman–Crippen LogP) is 3.40. The number of hydrogen-bond acceptors (Lipinski definition) is 4. The molecule has 2 heterocycles. The Kier molecular flexibility index (Phi) is 6.93. The molecule has 0 radical (unpaired) electrons. The highest BCUT2D eigenvalue weighted by Crippen LogP contribution is 2.44. The zero-order chi connectivity index (χ0) is 16.8. The van der Waals surface area contributed by atoms with Crippen LogP contribution in [0.3, 0.4) is 0 Å². The fraction of sp³-hybridized carbons (Fsp3) is 0.947. The van der Waals surface area contributed by atoms with Gasteiger partial charge >= 0.3 is 5.97 Å². The molecule has 1 aliphatic carbocycles. The van der Waals surface area contributed by atoms with Crippen LogP contribution >= 0.6 is 0 Å². The van der Waals surface area contributed by atoms with Gasteiger partial charge in [0.05, 0.1) is 31.5 Å². The minimum Gasteiger partial charge on any atom is -0.481 e. The first-order valence-electron chi connectivity index (χ1n) is 9.80. The maximum atomic E-state index is 10.5. The lowest BCUT2D eigenvalue weighted by Gasteiger charge is -2.30. The lowest BCUT2D eigenvalue weighted by atomic mass is 9.80. The van der Waals surface area contributed by atoms with E-state index in [4.69, 9.17) is 19.3 Å². The van der Waals surface area contributed by atoms with Gasteiger partial charge in [-0.25, -0.2) is 0 Å². The Morgan fingerprint density at radius 1 is 0.958 bits per heavy atom. The second-order valence-electron chi connectivity index (χ2n) is 7.64. The van der Waals surface area contributed by atoms with Gasteiger partial charge in [-0.15, -0.1) is 0 Å². The third-order valence-corrected chi connectivity index (χ3v) is 5.91. The maximum Gasteiger partial charge on any atom is 0.303 e. The van der Waals surface area contributed by atoms with E-state index < -0.39 is 5.97 Å². The minimum atomic E-state index is -0.726. The summed E-state index contributed by atoms with van der Waals surface area (Å²) in [5.41, 5.74) is 0. The average Bonchev–Trinajstić information content (AvgIpc) is 3.18. The number of carboxylic acid groups (broad SMARTS) is 1. The van der Waals surface area contributed by atoms with Crippen molar-refractivity contribution in [3.05, 3.63) is 0 Å². The lowest BCUT2D eigenvalue weighted by Crippen LogP contribution is -2.35. The SMILES string of the molecule is O=C(O)CCCCOCC1C2CCC(O2)C1COC1CCCCC1. The number of carbonyl (C=O) groups is 1. The minimum absolute atomic E-state index is 0.235. The van der Waals surface area contributed by atoms with Gasteiger partial charge in [0.2, 0.25) is 0 Å². The molecule has 1 saturated carbocycles. The van der Waals surface area contributed by atoms with E-state index in [2.05, 4.69) is 0 Å². The Labute approximate surface area is 145 Å². The molecule has 2 bridgehead atoms. The summed E-state index contributed by atoms with van der Waals surface area (Å²) in [6.45, 7) is 2.20. The fourth-order valence-electron chi connectivity index (χ4n) is 4.51. The van der Waals surface area contributed by atoms with Crippen LogP contribution in [0.4, 0.5) is 0 Å². The summed E-state index contributed by atoms with van der Waals surface area (Å²) in [7, 11) is 0. The van der Waals surface area contributed by atoms with Crippen LogP contribution in [0.1, 0.15) is 64.2 Å². The van der Waals surface area contributed by atoms with Crippen molar-refractivity contribution < 1.29 is 24.1 Å².